The van der Waals surface area contributed by atoms with Crippen molar-refractivity contribution in [3.8, 4) is 0 Å². The highest BCUT2D eigenvalue weighted by Gasteiger charge is 2.22. The van der Waals surface area contributed by atoms with Crippen molar-refractivity contribution in [1.82, 2.24) is 15.1 Å². The Kier molecular flexibility index (Phi) is 3.93. The van der Waals surface area contributed by atoms with Crippen molar-refractivity contribution < 1.29 is 0 Å². The van der Waals surface area contributed by atoms with Gasteiger partial charge in [-0.1, -0.05) is 23.7 Å². The number of aromatic amines is 1. The summed E-state index contributed by atoms with van der Waals surface area (Å²) in [6.07, 6.45) is 3.03. The van der Waals surface area contributed by atoms with Gasteiger partial charge in [0.05, 0.1) is 11.7 Å². The summed E-state index contributed by atoms with van der Waals surface area (Å²) in [4.78, 5) is 2.48. The number of hydrogen-bond acceptors (Lipinski definition) is 3. The summed E-state index contributed by atoms with van der Waals surface area (Å²) in [7, 11) is 0. The first-order valence-electron chi connectivity index (χ1n) is 7.93. The fourth-order valence-electron chi connectivity index (χ4n) is 3.21. The van der Waals surface area contributed by atoms with E-state index >= 15 is 0 Å². The zero-order chi connectivity index (χ0) is 15.6. The Hall–Kier alpha value is -2.04. The average molecular weight is 327 g/mol. The molecule has 4 rings (SSSR count). The minimum atomic E-state index is 0.492. The Labute approximate surface area is 140 Å². The average Bonchev–Trinajstić information content (AvgIpc) is 3.18. The van der Waals surface area contributed by atoms with E-state index in [1.165, 1.54) is 5.56 Å². The van der Waals surface area contributed by atoms with E-state index in [1.54, 1.807) is 0 Å². The molecule has 1 aliphatic heterocycles. The summed E-state index contributed by atoms with van der Waals surface area (Å²) in [6.45, 7) is 3.16. The van der Waals surface area contributed by atoms with Crippen molar-refractivity contribution in [2.24, 2.45) is 0 Å². The van der Waals surface area contributed by atoms with Crippen molar-refractivity contribution >= 4 is 28.2 Å². The van der Waals surface area contributed by atoms with Gasteiger partial charge in [0.25, 0.3) is 0 Å². The lowest BCUT2D eigenvalue weighted by molar-refractivity contribution is 0.328. The van der Waals surface area contributed by atoms with Gasteiger partial charge in [0, 0.05) is 41.8 Å². The summed E-state index contributed by atoms with van der Waals surface area (Å²) >= 11 is 5.94. The van der Waals surface area contributed by atoms with Crippen LogP contribution < -0.4 is 5.32 Å². The number of likely N-dealkylation sites (tertiary alicyclic amines) is 1. The number of rotatable bonds is 4. The Morgan fingerprint density at radius 2 is 2.09 bits per heavy atom. The van der Waals surface area contributed by atoms with Crippen molar-refractivity contribution in [3.05, 3.63) is 59.2 Å². The summed E-state index contributed by atoms with van der Waals surface area (Å²) in [5.74, 6) is 0. The zero-order valence-corrected chi connectivity index (χ0v) is 13.6. The Balaban J connectivity index is 1.37. The molecule has 4 nitrogen and oxygen atoms in total. The fourth-order valence-corrected chi connectivity index (χ4v) is 3.34. The van der Waals surface area contributed by atoms with E-state index in [4.69, 9.17) is 11.6 Å². The molecule has 2 aromatic carbocycles. The molecule has 118 valence electrons. The van der Waals surface area contributed by atoms with Crippen LogP contribution in [0.15, 0.2) is 48.7 Å². The van der Waals surface area contributed by atoms with E-state index in [-0.39, 0.29) is 0 Å². The lowest BCUT2D eigenvalue weighted by Crippen LogP contribution is -2.25. The summed E-state index contributed by atoms with van der Waals surface area (Å²) in [5.41, 5.74) is 3.55. The molecule has 23 heavy (non-hydrogen) atoms. The summed E-state index contributed by atoms with van der Waals surface area (Å²) in [5, 5.41) is 12.6. The van der Waals surface area contributed by atoms with Gasteiger partial charge >= 0.3 is 0 Å². The molecule has 0 aliphatic carbocycles. The maximum absolute atomic E-state index is 5.94. The van der Waals surface area contributed by atoms with Gasteiger partial charge in [-0.25, -0.2) is 0 Å². The molecule has 1 aromatic heterocycles. The van der Waals surface area contributed by atoms with E-state index in [2.05, 4.69) is 50.7 Å². The SMILES string of the molecule is Clc1ccc(CN2CC[C@@H](Nc3ccc4[nH]ncc4c3)C2)cc1. The van der Waals surface area contributed by atoms with Gasteiger partial charge in [-0.05, 0) is 42.3 Å². The molecule has 1 fully saturated rings. The molecule has 1 aliphatic rings. The van der Waals surface area contributed by atoms with Crippen LogP contribution in [0, 0.1) is 0 Å². The Morgan fingerprint density at radius 3 is 2.96 bits per heavy atom. The highest BCUT2D eigenvalue weighted by atomic mass is 35.5. The monoisotopic (exact) mass is 326 g/mol. The van der Waals surface area contributed by atoms with E-state index < -0.39 is 0 Å². The number of hydrogen-bond donors (Lipinski definition) is 2. The number of nitrogens with zero attached hydrogens (tertiary/aromatic N) is 2. The molecule has 0 radical (unpaired) electrons. The topological polar surface area (TPSA) is 44.0 Å². The molecule has 3 aromatic rings. The van der Waals surface area contributed by atoms with Crippen LogP contribution >= 0.6 is 11.6 Å². The number of benzene rings is 2. The molecule has 0 unspecified atom stereocenters. The van der Waals surface area contributed by atoms with Crippen molar-refractivity contribution in [1.29, 1.82) is 0 Å². The molecule has 0 amide bonds. The van der Waals surface area contributed by atoms with E-state index in [9.17, 15) is 0 Å². The predicted molar refractivity (Wildman–Crippen MR) is 94.9 cm³/mol. The van der Waals surface area contributed by atoms with Crippen LogP contribution in [-0.2, 0) is 6.54 Å². The molecule has 5 heteroatoms. The first-order valence-corrected chi connectivity index (χ1v) is 8.30. The second kappa shape index (κ2) is 6.22. The van der Waals surface area contributed by atoms with Crippen LogP contribution in [-0.4, -0.2) is 34.2 Å². The number of anilines is 1. The van der Waals surface area contributed by atoms with Gasteiger partial charge in [0.1, 0.15) is 0 Å². The lowest BCUT2D eigenvalue weighted by atomic mass is 10.2. The highest BCUT2D eigenvalue weighted by molar-refractivity contribution is 6.30. The van der Waals surface area contributed by atoms with E-state index in [0.717, 1.165) is 47.7 Å². The van der Waals surface area contributed by atoms with Crippen molar-refractivity contribution in [2.45, 2.75) is 19.0 Å². The second-order valence-electron chi connectivity index (χ2n) is 6.16. The van der Waals surface area contributed by atoms with Crippen LogP contribution in [0.1, 0.15) is 12.0 Å². The fraction of sp³-hybridized carbons (Fsp3) is 0.278. The van der Waals surface area contributed by atoms with Crippen molar-refractivity contribution in [3.63, 3.8) is 0 Å². The molecular formula is C18H19ClN4. The molecule has 1 atom stereocenters. The maximum atomic E-state index is 5.94. The standard InChI is InChI=1S/C18H19ClN4/c19-15-3-1-13(2-4-15)11-23-8-7-17(12-23)21-16-5-6-18-14(9-16)10-20-22-18/h1-6,9-10,17,21H,7-8,11-12H2,(H,20,22)/t17-/m1/s1. The Bertz CT molecular complexity index is 796. The third-order valence-corrected chi connectivity index (χ3v) is 4.65. The van der Waals surface area contributed by atoms with Crippen LogP contribution in [0.5, 0.6) is 0 Å². The van der Waals surface area contributed by atoms with Gasteiger partial charge in [-0.15, -0.1) is 0 Å². The normalized spacial score (nSPS) is 18.6. The first-order chi connectivity index (χ1) is 11.3. The smallest absolute Gasteiger partial charge is 0.0651 e. The number of halogens is 1. The minimum absolute atomic E-state index is 0.492. The molecule has 2 N–H and O–H groups in total. The minimum Gasteiger partial charge on any atom is -0.381 e. The second-order valence-corrected chi connectivity index (χ2v) is 6.60. The zero-order valence-electron chi connectivity index (χ0n) is 12.8. The predicted octanol–water partition coefficient (Wildman–Crippen LogP) is 3.90. The van der Waals surface area contributed by atoms with E-state index in [0.29, 0.717) is 6.04 Å². The molecular weight excluding hydrogens is 308 g/mol. The van der Waals surface area contributed by atoms with Gasteiger partial charge in [-0.3, -0.25) is 10.00 Å². The van der Waals surface area contributed by atoms with Crippen LogP contribution in [0.25, 0.3) is 10.9 Å². The van der Waals surface area contributed by atoms with Gasteiger partial charge in [0.2, 0.25) is 0 Å². The molecule has 0 bridgehead atoms. The first kappa shape index (κ1) is 14.5. The van der Waals surface area contributed by atoms with Gasteiger partial charge in [0.15, 0.2) is 0 Å². The summed E-state index contributed by atoms with van der Waals surface area (Å²) in [6, 6.07) is 15.0. The molecule has 1 saturated heterocycles. The van der Waals surface area contributed by atoms with Crippen LogP contribution in [0.3, 0.4) is 0 Å². The van der Waals surface area contributed by atoms with Crippen molar-refractivity contribution in [2.75, 3.05) is 18.4 Å². The van der Waals surface area contributed by atoms with Crippen LogP contribution in [0.4, 0.5) is 5.69 Å². The third-order valence-electron chi connectivity index (χ3n) is 4.40. The summed E-state index contributed by atoms with van der Waals surface area (Å²) < 4.78 is 0. The van der Waals surface area contributed by atoms with E-state index in [1.807, 2.05) is 18.3 Å². The Morgan fingerprint density at radius 1 is 1.22 bits per heavy atom. The third kappa shape index (κ3) is 3.33. The molecule has 0 saturated carbocycles. The number of H-pyrrole nitrogens is 1. The number of nitrogens with one attached hydrogen (secondary N) is 2. The molecule has 2 heterocycles. The number of aromatic nitrogens is 2. The maximum Gasteiger partial charge on any atom is 0.0651 e. The largest absolute Gasteiger partial charge is 0.381 e. The van der Waals surface area contributed by atoms with Gasteiger partial charge in [-0.2, -0.15) is 5.10 Å². The quantitative estimate of drug-likeness (QED) is 0.764. The molecule has 0 spiro atoms. The van der Waals surface area contributed by atoms with Gasteiger partial charge < -0.3 is 5.32 Å². The lowest BCUT2D eigenvalue weighted by Gasteiger charge is -2.17. The number of fused-ring (bicyclic) bond motifs is 1. The highest BCUT2D eigenvalue weighted by Crippen LogP contribution is 2.21. The van der Waals surface area contributed by atoms with Crippen LogP contribution in [0.2, 0.25) is 5.02 Å².